The Morgan fingerprint density at radius 1 is 1.40 bits per heavy atom. The number of benzene rings is 1. The zero-order valence-electron chi connectivity index (χ0n) is 8.11. The largest absolute Gasteiger partial charge is 0.301 e. The van der Waals surface area contributed by atoms with Gasteiger partial charge in [0, 0.05) is 11.1 Å². The van der Waals surface area contributed by atoms with Crippen LogP contribution in [0.5, 0.6) is 0 Å². The van der Waals surface area contributed by atoms with Gasteiger partial charge in [0.25, 0.3) is 0 Å². The monoisotopic (exact) mass is 245 g/mol. The first-order chi connectivity index (χ1) is 7.08. The normalized spacial score (nSPS) is 16.6. The highest BCUT2D eigenvalue weighted by Gasteiger charge is 2.23. The predicted octanol–water partition coefficient (Wildman–Crippen LogP) is 1.82. The van der Waals surface area contributed by atoms with Gasteiger partial charge in [0.05, 0.1) is 4.90 Å². The van der Waals surface area contributed by atoms with Crippen molar-refractivity contribution in [2.24, 2.45) is 0 Å². The van der Waals surface area contributed by atoms with Crippen LogP contribution in [-0.2, 0) is 9.84 Å². The molecule has 1 N–H and O–H groups in total. The lowest BCUT2D eigenvalue weighted by Gasteiger charge is -2.05. The van der Waals surface area contributed by atoms with E-state index in [0.29, 0.717) is 11.1 Å². The molecule has 0 aliphatic heterocycles. The van der Waals surface area contributed by atoms with Crippen LogP contribution < -0.4 is 5.32 Å². The lowest BCUT2D eigenvalue weighted by atomic mass is 10.4. The van der Waals surface area contributed by atoms with E-state index in [9.17, 15) is 8.42 Å². The van der Waals surface area contributed by atoms with Gasteiger partial charge in [-0.15, -0.1) is 0 Å². The van der Waals surface area contributed by atoms with Gasteiger partial charge >= 0.3 is 0 Å². The number of nitrogens with one attached hydrogen (secondary N) is 1. The molecule has 0 radical (unpaired) electrons. The van der Waals surface area contributed by atoms with Gasteiger partial charge in [0.15, 0.2) is 9.84 Å². The predicted molar refractivity (Wildman–Crippen MR) is 59.7 cm³/mol. The molecular formula is C10H12ClNO2S. The molecule has 0 unspecified atom stereocenters. The lowest BCUT2D eigenvalue weighted by Crippen LogP contribution is -2.25. The Hall–Kier alpha value is -0.580. The summed E-state index contributed by atoms with van der Waals surface area (Å²) in [6, 6.07) is 6.74. The van der Waals surface area contributed by atoms with Crippen LogP contribution in [-0.4, -0.2) is 20.3 Å². The highest BCUT2D eigenvalue weighted by atomic mass is 35.5. The van der Waals surface area contributed by atoms with E-state index in [4.69, 9.17) is 11.6 Å². The van der Waals surface area contributed by atoms with Gasteiger partial charge in [-0.2, -0.15) is 0 Å². The molecule has 2 rings (SSSR count). The van der Waals surface area contributed by atoms with Crippen LogP contribution >= 0.6 is 11.6 Å². The van der Waals surface area contributed by atoms with Gasteiger partial charge in [-0.3, -0.25) is 0 Å². The second-order valence-electron chi connectivity index (χ2n) is 3.69. The molecule has 0 spiro atoms. The first-order valence-electron chi connectivity index (χ1n) is 4.80. The maximum atomic E-state index is 11.8. The number of sulfone groups is 1. The van der Waals surface area contributed by atoms with Crippen LogP contribution in [0.15, 0.2) is 29.2 Å². The van der Waals surface area contributed by atoms with Gasteiger partial charge in [-0.1, -0.05) is 17.7 Å². The van der Waals surface area contributed by atoms with E-state index in [0.717, 1.165) is 12.8 Å². The van der Waals surface area contributed by atoms with E-state index in [1.54, 1.807) is 18.2 Å². The standard InChI is InChI=1S/C10H12ClNO2S/c11-8-2-1-3-10(6-8)15(13,14)7-12-9-4-5-9/h1-3,6,9,12H,4-5,7H2. The van der Waals surface area contributed by atoms with Crippen LogP contribution in [0.2, 0.25) is 5.02 Å². The molecule has 0 amide bonds. The molecule has 0 heterocycles. The van der Waals surface area contributed by atoms with E-state index >= 15 is 0 Å². The third kappa shape index (κ3) is 2.93. The second-order valence-corrected chi connectivity index (χ2v) is 6.12. The van der Waals surface area contributed by atoms with E-state index < -0.39 is 9.84 Å². The minimum absolute atomic E-state index is 0.00198. The molecule has 0 saturated heterocycles. The van der Waals surface area contributed by atoms with E-state index in [2.05, 4.69) is 5.32 Å². The molecule has 1 saturated carbocycles. The maximum Gasteiger partial charge on any atom is 0.191 e. The zero-order chi connectivity index (χ0) is 10.9. The van der Waals surface area contributed by atoms with Gasteiger partial charge in [-0.05, 0) is 31.0 Å². The molecule has 1 aromatic carbocycles. The highest BCUT2D eigenvalue weighted by Crippen LogP contribution is 2.20. The summed E-state index contributed by atoms with van der Waals surface area (Å²) in [6.07, 6.45) is 2.15. The van der Waals surface area contributed by atoms with Crippen molar-refractivity contribution in [3.05, 3.63) is 29.3 Å². The Labute approximate surface area is 94.4 Å². The van der Waals surface area contributed by atoms with Crippen LogP contribution in [0.4, 0.5) is 0 Å². The second kappa shape index (κ2) is 4.12. The van der Waals surface area contributed by atoms with Crippen molar-refractivity contribution in [3.8, 4) is 0 Å². The third-order valence-corrected chi connectivity index (χ3v) is 4.05. The topological polar surface area (TPSA) is 46.2 Å². The van der Waals surface area contributed by atoms with Crippen LogP contribution in [0.1, 0.15) is 12.8 Å². The molecule has 0 bridgehead atoms. The summed E-state index contributed by atoms with van der Waals surface area (Å²) in [7, 11) is -3.23. The van der Waals surface area contributed by atoms with Crippen LogP contribution in [0.3, 0.4) is 0 Å². The van der Waals surface area contributed by atoms with Crippen molar-refractivity contribution >= 4 is 21.4 Å². The first-order valence-corrected chi connectivity index (χ1v) is 6.83. The Morgan fingerprint density at radius 3 is 2.73 bits per heavy atom. The molecule has 0 atom stereocenters. The molecule has 1 aromatic rings. The fourth-order valence-corrected chi connectivity index (χ4v) is 2.73. The van der Waals surface area contributed by atoms with Crippen molar-refractivity contribution in [1.29, 1.82) is 0 Å². The van der Waals surface area contributed by atoms with Gasteiger partial charge in [-0.25, -0.2) is 8.42 Å². The Morgan fingerprint density at radius 2 is 2.13 bits per heavy atom. The summed E-state index contributed by atoms with van der Waals surface area (Å²) >= 11 is 5.74. The zero-order valence-corrected chi connectivity index (χ0v) is 9.68. The quantitative estimate of drug-likeness (QED) is 0.880. The maximum absolute atomic E-state index is 11.8. The number of hydrogen-bond acceptors (Lipinski definition) is 3. The molecule has 3 nitrogen and oxygen atoms in total. The van der Waals surface area contributed by atoms with Crippen molar-refractivity contribution in [3.63, 3.8) is 0 Å². The van der Waals surface area contributed by atoms with E-state index in [1.807, 2.05) is 0 Å². The summed E-state index contributed by atoms with van der Waals surface area (Å²) in [4.78, 5) is 0.281. The SMILES string of the molecule is O=S(=O)(CNC1CC1)c1cccc(Cl)c1. The van der Waals surface area contributed by atoms with Gasteiger partial charge in [0.2, 0.25) is 0 Å². The average molecular weight is 246 g/mol. The summed E-state index contributed by atoms with van der Waals surface area (Å²) in [5.41, 5.74) is 0. The molecule has 82 valence electrons. The molecule has 1 aliphatic carbocycles. The molecule has 5 heteroatoms. The average Bonchev–Trinajstić information content (AvgIpc) is 2.98. The Bertz CT molecular complexity index is 454. The number of rotatable bonds is 4. The molecular weight excluding hydrogens is 234 g/mol. The smallest absolute Gasteiger partial charge is 0.191 e. The number of hydrogen-bond donors (Lipinski definition) is 1. The van der Waals surface area contributed by atoms with Gasteiger partial charge < -0.3 is 5.32 Å². The van der Waals surface area contributed by atoms with Crippen molar-refractivity contribution < 1.29 is 8.42 Å². The summed E-state index contributed by atoms with van der Waals surface area (Å²) in [5, 5.41) is 3.43. The Balaban J connectivity index is 2.12. The lowest BCUT2D eigenvalue weighted by molar-refractivity contribution is 0.586. The minimum atomic E-state index is -3.23. The molecule has 1 fully saturated rings. The highest BCUT2D eigenvalue weighted by molar-refractivity contribution is 7.91. The third-order valence-electron chi connectivity index (χ3n) is 2.29. The molecule has 1 aliphatic rings. The summed E-state index contributed by atoms with van der Waals surface area (Å²) < 4.78 is 23.6. The molecule has 15 heavy (non-hydrogen) atoms. The van der Waals surface area contributed by atoms with E-state index in [-0.39, 0.29) is 10.8 Å². The summed E-state index contributed by atoms with van der Waals surface area (Å²) in [5.74, 6) is -0.00198. The van der Waals surface area contributed by atoms with Crippen molar-refractivity contribution in [2.75, 3.05) is 5.88 Å². The molecule has 0 aromatic heterocycles. The Kier molecular flexibility index (Phi) is 3.00. The van der Waals surface area contributed by atoms with E-state index in [1.165, 1.54) is 6.07 Å². The van der Waals surface area contributed by atoms with Crippen LogP contribution in [0, 0.1) is 0 Å². The fraction of sp³-hybridized carbons (Fsp3) is 0.400. The minimum Gasteiger partial charge on any atom is -0.301 e. The van der Waals surface area contributed by atoms with Crippen LogP contribution in [0.25, 0.3) is 0 Å². The van der Waals surface area contributed by atoms with Gasteiger partial charge in [0.1, 0.15) is 5.88 Å². The van der Waals surface area contributed by atoms with Crippen molar-refractivity contribution in [1.82, 2.24) is 5.32 Å². The number of halogens is 1. The first kappa shape index (κ1) is 10.9. The van der Waals surface area contributed by atoms with Crippen molar-refractivity contribution in [2.45, 2.75) is 23.8 Å². The fourth-order valence-electron chi connectivity index (χ4n) is 1.26. The summed E-state index contributed by atoms with van der Waals surface area (Å²) in [6.45, 7) is 0.